The SMILES string of the molecule is O=C(Nc1ccc(Cl)c(Cl)c1)c1cscn1. The van der Waals surface area contributed by atoms with E-state index in [0.29, 0.717) is 21.4 Å². The van der Waals surface area contributed by atoms with Gasteiger partial charge in [0.15, 0.2) is 0 Å². The van der Waals surface area contributed by atoms with Gasteiger partial charge in [-0.15, -0.1) is 11.3 Å². The summed E-state index contributed by atoms with van der Waals surface area (Å²) in [6.07, 6.45) is 0. The van der Waals surface area contributed by atoms with Gasteiger partial charge in [0.2, 0.25) is 0 Å². The van der Waals surface area contributed by atoms with Crippen molar-refractivity contribution in [2.45, 2.75) is 0 Å². The molecule has 0 atom stereocenters. The Morgan fingerprint density at radius 1 is 1.31 bits per heavy atom. The van der Waals surface area contributed by atoms with Crippen LogP contribution in [0, 0.1) is 0 Å². The maximum Gasteiger partial charge on any atom is 0.275 e. The van der Waals surface area contributed by atoms with E-state index in [1.807, 2.05) is 0 Å². The van der Waals surface area contributed by atoms with Gasteiger partial charge in [-0.3, -0.25) is 4.79 Å². The number of thiazole rings is 1. The highest BCUT2D eigenvalue weighted by atomic mass is 35.5. The van der Waals surface area contributed by atoms with Crippen molar-refractivity contribution in [2.24, 2.45) is 0 Å². The van der Waals surface area contributed by atoms with E-state index in [4.69, 9.17) is 23.2 Å². The molecule has 82 valence electrons. The molecule has 0 unspecified atom stereocenters. The predicted octanol–water partition coefficient (Wildman–Crippen LogP) is 3.70. The average molecular weight is 273 g/mol. The highest BCUT2D eigenvalue weighted by Crippen LogP contribution is 2.25. The van der Waals surface area contributed by atoms with Crippen molar-refractivity contribution in [1.29, 1.82) is 0 Å². The molecule has 0 bridgehead atoms. The first-order chi connectivity index (χ1) is 7.66. The molecule has 0 radical (unpaired) electrons. The molecule has 2 aromatic rings. The number of carbonyl (C=O) groups excluding carboxylic acids is 1. The second-order valence-corrected chi connectivity index (χ2v) is 4.49. The average Bonchev–Trinajstić information content (AvgIpc) is 2.77. The van der Waals surface area contributed by atoms with Crippen LogP contribution < -0.4 is 5.32 Å². The molecule has 1 N–H and O–H groups in total. The summed E-state index contributed by atoms with van der Waals surface area (Å²) in [4.78, 5) is 15.5. The predicted molar refractivity (Wildman–Crippen MR) is 66.5 cm³/mol. The molecule has 0 aliphatic rings. The maximum atomic E-state index is 11.6. The van der Waals surface area contributed by atoms with Gasteiger partial charge in [-0.1, -0.05) is 23.2 Å². The Labute approximate surface area is 106 Å². The lowest BCUT2D eigenvalue weighted by molar-refractivity contribution is 0.102. The maximum absolute atomic E-state index is 11.6. The van der Waals surface area contributed by atoms with E-state index >= 15 is 0 Å². The van der Waals surface area contributed by atoms with E-state index < -0.39 is 0 Å². The van der Waals surface area contributed by atoms with E-state index in [0.717, 1.165) is 0 Å². The highest BCUT2D eigenvalue weighted by molar-refractivity contribution is 7.07. The summed E-state index contributed by atoms with van der Waals surface area (Å²) < 4.78 is 0. The fourth-order valence-electron chi connectivity index (χ4n) is 1.09. The Balaban J connectivity index is 2.15. The minimum absolute atomic E-state index is 0.264. The van der Waals surface area contributed by atoms with Crippen LogP contribution in [0.1, 0.15) is 10.5 Å². The van der Waals surface area contributed by atoms with Gasteiger partial charge in [-0.05, 0) is 18.2 Å². The molecule has 1 aromatic heterocycles. The van der Waals surface area contributed by atoms with Crippen LogP contribution in [-0.2, 0) is 0 Å². The number of amides is 1. The Morgan fingerprint density at radius 2 is 2.12 bits per heavy atom. The van der Waals surface area contributed by atoms with Crippen LogP contribution in [0.15, 0.2) is 29.1 Å². The van der Waals surface area contributed by atoms with Crippen molar-refractivity contribution in [1.82, 2.24) is 4.98 Å². The number of hydrogen-bond donors (Lipinski definition) is 1. The van der Waals surface area contributed by atoms with Crippen molar-refractivity contribution in [3.05, 3.63) is 44.8 Å². The minimum atomic E-state index is -0.264. The summed E-state index contributed by atoms with van der Waals surface area (Å²) in [6.45, 7) is 0. The van der Waals surface area contributed by atoms with E-state index in [1.165, 1.54) is 11.3 Å². The number of nitrogens with zero attached hydrogens (tertiary/aromatic N) is 1. The zero-order valence-electron chi connectivity index (χ0n) is 7.91. The standard InChI is InChI=1S/C10H6Cl2N2OS/c11-7-2-1-6(3-8(7)12)14-10(15)9-4-16-5-13-9/h1-5H,(H,14,15). The third kappa shape index (κ3) is 2.52. The van der Waals surface area contributed by atoms with E-state index in [9.17, 15) is 4.79 Å². The van der Waals surface area contributed by atoms with Gasteiger partial charge in [0, 0.05) is 11.1 Å². The third-order valence-electron chi connectivity index (χ3n) is 1.84. The van der Waals surface area contributed by atoms with E-state index in [1.54, 1.807) is 29.1 Å². The van der Waals surface area contributed by atoms with Crippen molar-refractivity contribution >= 4 is 46.1 Å². The summed E-state index contributed by atoms with van der Waals surface area (Å²) in [5.74, 6) is -0.264. The number of nitrogens with one attached hydrogen (secondary N) is 1. The molecule has 16 heavy (non-hydrogen) atoms. The van der Waals surface area contributed by atoms with Gasteiger partial charge >= 0.3 is 0 Å². The molecule has 2 rings (SSSR count). The number of hydrogen-bond acceptors (Lipinski definition) is 3. The fraction of sp³-hybridized carbons (Fsp3) is 0. The van der Waals surface area contributed by atoms with Gasteiger partial charge in [-0.2, -0.15) is 0 Å². The van der Waals surface area contributed by atoms with Crippen molar-refractivity contribution < 1.29 is 4.79 Å². The molecule has 1 amide bonds. The number of aromatic nitrogens is 1. The lowest BCUT2D eigenvalue weighted by Gasteiger charge is -2.04. The number of anilines is 1. The first-order valence-corrected chi connectivity index (χ1v) is 6.01. The lowest BCUT2D eigenvalue weighted by Crippen LogP contribution is -2.11. The van der Waals surface area contributed by atoms with Gasteiger partial charge in [0.1, 0.15) is 5.69 Å². The normalized spacial score (nSPS) is 10.1. The van der Waals surface area contributed by atoms with Gasteiger partial charge in [0.25, 0.3) is 5.91 Å². The molecule has 3 nitrogen and oxygen atoms in total. The summed E-state index contributed by atoms with van der Waals surface area (Å²) in [7, 11) is 0. The molecule has 1 heterocycles. The summed E-state index contributed by atoms with van der Waals surface area (Å²) in [5.41, 5.74) is 2.58. The van der Waals surface area contributed by atoms with Crippen molar-refractivity contribution in [3.63, 3.8) is 0 Å². The third-order valence-corrected chi connectivity index (χ3v) is 3.17. The van der Waals surface area contributed by atoms with Crippen LogP contribution in [0.5, 0.6) is 0 Å². The molecular weight excluding hydrogens is 267 g/mol. The van der Waals surface area contributed by atoms with Crippen LogP contribution in [0.2, 0.25) is 10.0 Å². The Hall–Kier alpha value is -1.10. The summed E-state index contributed by atoms with van der Waals surface area (Å²) >= 11 is 13.0. The van der Waals surface area contributed by atoms with Gasteiger partial charge in [-0.25, -0.2) is 4.98 Å². The number of benzene rings is 1. The smallest absolute Gasteiger partial charge is 0.275 e. The van der Waals surface area contributed by atoms with E-state index in [2.05, 4.69) is 10.3 Å². The monoisotopic (exact) mass is 272 g/mol. The molecule has 1 aromatic carbocycles. The Morgan fingerprint density at radius 3 is 2.75 bits per heavy atom. The molecule has 0 aliphatic heterocycles. The Kier molecular flexibility index (Phi) is 3.43. The van der Waals surface area contributed by atoms with Crippen LogP contribution in [0.3, 0.4) is 0 Å². The molecule has 0 saturated carbocycles. The zero-order chi connectivity index (χ0) is 11.5. The van der Waals surface area contributed by atoms with Gasteiger partial charge < -0.3 is 5.32 Å². The number of carbonyl (C=O) groups is 1. The number of rotatable bonds is 2. The van der Waals surface area contributed by atoms with Crippen LogP contribution in [0.25, 0.3) is 0 Å². The largest absolute Gasteiger partial charge is 0.321 e. The topological polar surface area (TPSA) is 42.0 Å². The molecule has 0 aliphatic carbocycles. The second kappa shape index (κ2) is 4.82. The van der Waals surface area contributed by atoms with Gasteiger partial charge in [0.05, 0.1) is 15.6 Å². The molecule has 0 saturated heterocycles. The van der Waals surface area contributed by atoms with Crippen LogP contribution in [-0.4, -0.2) is 10.9 Å². The van der Waals surface area contributed by atoms with Crippen molar-refractivity contribution in [3.8, 4) is 0 Å². The minimum Gasteiger partial charge on any atom is -0.321 e. The van der Waals surface area contributed by atoms with Crippen LogP contribution in [0.4, 0.5) is 5.69 Å². The summed E-state index contributed by atoms with van der Waals surface area (Å²) in [5, 5.41) is 5.20. The summed E-state index contributed by atoms with van der Waals surface area (Å²) in [6, 6.07) is 4.90. The first kappa shape index (κ1) is 11.4. The highest BCUT2D eigenvalue weighted by Gasteiger charge is 2.08. The Bertz CT molecular complexity index is 514. The molecule has 0 spiro atoms. The quantitative estimate of drug-likeness (QED) is 0.906. The van der Waals surface area contributed by atoms with Crippen molar-refractivity contribution in [2.75, 3.05) is 5.32 Å². The lowest BCUT2D eigenvalue weighted by atomic mass is 10.3. The molecule has 0 fully saturated rings. The van der Waals surface area contributed by atoms with E-state index in [-0.39, 0.29) is 5.91 Å². The zero-order valence-corrected chi connectivity index (χ0v) is 10.2. The number of halogens is 2. The molecular formula is C10H6Cl2N2OS. The molecule has 6 heteroatoms. The first-order valence-electron chi connectivity index (χ1n) is 4.31. The second-order valence-electron chi connectivity index (χ2n) is 2.96. The fourth-order valence-corrected chi connectivity index (χ4v) is 1.92. The van der Waals surface area contributed by atoms with Crippen LogP contribution >= 0.6 is 34.5 Å².